The molecular formula is C30H22IrN2O-2. The van der Waals surface area contributed by atoms with Crippen LogP contribution in [0.15, 0.2) is 102 Å². The normalized spacial score (nSPS) is 10.4. The number of para-hydroxylation sites is 1. The predicted molar refractivity (Wildman–Crippen MR) is 134 cm³/mol. The van der Waals surface area contributed by atoms with Gasteiger partial charge in [0.2, 0.25) is 0 Å². The number of hydrogen-bond acceptors (Lipinski definition) is 3. The monoisotopic (exact) mass is 619 g/mol. The Morgan fingerprint density at radius 1 is 0.676 bits per heavy atom. The summed E-state index contributed by atoms with van der Waals surface area (Å²) in [6.45, 7) is 4.13. The summed E-state index contributed by atoms with van der Waals surface area (Å²) in [6.07, 6.45) is 3.61. The summed E-state index contributed by atoms with van der Waals surface area (Å²) in [5.41, 5.74) is 8.00. The molecule has 0 bridgehead atoms. The number of fused-ring (bicyclic) bond motifs is 3. The number of benzene rings is 3. The first kappa shape index (κ1) is 23.6. The number of aromatic nitrogens is 2. The molecule has 1 radical (unpaired) electrons. The van der Waals surface area contributed by atoms with E-state index in [-0.39, 0.29) is 20.1 Å². The zero-order valence-electron chi connectivity index (χ0n) is 18.9. The number of furan rings is 1. The average Bonchev–Trinajstić information content (AvgIpc) is 3.26. The molecule has 6 rings (SSSR count). The van der Waals surface area contributed by atoms with Gasteiger partial charge in [0, 0.05) is 37.9 Å². The van der Waals surface area contributed by atoms with Crippen molar-refractivity contribution in [2.24, 2.45) is 0 Å². The molecule has 3 nitrogen and oxygen atoms in total. The summed E-state index contributed by atoms with van der Waals surface area (Å²) < 4.78 is 6.10. The molecule has 0 aliphatic carbocycles. The van der Waals surface area contributed by atoms with Crippen LogP contribution in [0.5, 0.6) is 0 Å². The van der Waals surface area contributed by atoms with Crippen LogP contribution in [0.3, 0.4) is 0 Å². The van der Waals surface area contributed by atoms with Gasteiger partial charge in [-0.3, -0.25) is 0 Å². The van der Waals surface area contributed by atoms with E-state index in [0.29, 0.717) is 0 Å². The van der Waals surface area contributed by atoms with Crippen LogP contribution in [0.25, 0.3) is 44.5 Å². The van der Waals surface area contributed by atoms with Crippen molar-refractivity contribution in [3.63, 3.8) is 0 Å². The van der Waals surface area contributed by atoms with Crippen molar-refractivity contribution >= 4 is 21.9 Å². The molecule has 4 heteroatoms. The Balaban J connectivity index is 0.000000171. The van der Waals surface area contributed by atoms with Gasteiger partial charge in [-0.15, -0.1) is 54.1 Å². The van der Waals surface area contributed by atoms with Gasteiger partial charge in [-0.25, -0.2) is 0 Å². The quantitative estimate of drug-likeness (QED) is 0.188. The van der Waals surface area contributed by atoms with Crippen molar-refractivity contribution in [3.05, 3.63) is 121 Å². The van der Waals surface area contributed by atoms with Crippen LogP contribution in [-0.2, 0) is 20.1 Å². The Morgan fingerprint density at radius 2 is 1.50 bits per heavy atom. The number of aryl methyl sites for hydroxylation is 2. The maximum absolute atomic E-state index is 6.10. The first-order valence-electron chi connectivity index (χ1n) is 10.8. The molecule has 0 unspecified atom stereocenters. The molecule has 0 atom stereocenters. The second kappa shape index (κ2) is 10.6. The summed E-state index contributed by atoms with van der Waals surface area (Å²) in [5, 5.41) is 2.26. The molecule has 3 heterocycles. The molecule has 0 spiro atoms. The number of pyridine rings is 2. The van der Waals surface area contributed by atoms with Crippen molar-refractivity contribution in [3.8, 4) is 22.5 Å². The minimum absolute atomic E-state index is 0. The van der Waals surface area contributed by atoms with Crippen LogP contribution in [0, 0.1) is 26.0 Å². The van der Waals surface area contributed by atoms with Gasteiger partial charge in [0.1, 0.15) is 5.58 Å². The van der Waals surface area contributed by atoms with Gasteiger partial charge < -0.3 is 14.4 Å². The molecule has 0 saturated heterocycles. The van der Waals surface area contributed by atoms with Gasteiger partial charge in [0.25, 0.3) is 0 Å². The Labute approximate surface area is 212 Å². The maximum Gasteiger partial charge on any atom is 0.123 e. The number of hydrogen-bond donors (Lipinski definition) is 0. The van der Waals surface area contributed by atoms with Gasteiger partial charge >= 0.3 is 0 Å². The third-order valence-corrected chi connectivity index (χ3v) is 5.48. The van der Waals surface area contributed by atoms with E-state index in [1.54, 1.807) is 6.20 Å². The zero-order valence-corrected chi connectivity index (χ0v) is 21.3. The van der Waals surface area contributed by atoms with E-state index in [2.05, 4.69) is 60.2 Å². The van der Waals surface area contributed by atoms with E-state index < -0.39 is 0 Å². The molecule has 0 aliphatic rings. The SMILES string of the molecule is Cc1cccc2c1oc1c(-c3ccccn3)[c-]ccc12.Cc1ccnc(-c2[c-]cccc2)c1.[Ir]. The molecule has 0 amide bonds. The molecule has 0 aliphatic heterocycles. The fraction of sp³-hybridized carbons (Fsp3) is 0.0667. The summed E-state index contributed by atoms with van der Waals surface area (Å²) in [5.74, 6) is 0. The van der Waals surface area contributed by atoms with Gasteiger partial charge in [-0.05, 0) is 42.9 Å². The Kier molecular flexibility index (Phi) is 7.32. The van der Waals surface area contributed by atoms with E-state index in [0.717, 1.165) is 50.0 Å². The zero-order chi connectivity index (χ0) is 22.6. The largest absolute Gasteiger partial charge is 0.500 e. The minimum Gasteiger partial charge on any atom is -0.500 e. The Hall–Kier alpha value is -3.59. The van der Waals surface area contributed by atoms with Crippen LogP contribution in [0.4, 0.5) is 0 Å². The molecule has 0 N–H and O–H groups in total. The fourth-order valence-electron chi connectivity index (χ4n) is 3.84. The Morgan fingerprint density at radius 3 is 2.26 bits per heavy atom. The van der Waals surface area contributed by atoms with E-state index in [9.17, 15) is 0 Å². The van der Waals surface area contributed by atoms with E-state index in [4.69, 9.17) is 4.42 Å². The third kappa shape index (κ3) is 4.84. The van der Waals surface area contributed by atoms with Crippen LogP contribution < -0.4 is 0 Å². The van der Waals surface area contributed by atoms with E-state index >= 15 is 0 Å². The molecule has 0 saturated carbocycles. The average molecular weight is 619 g/mol. The smallest absolute Gasteiger partial charge is 0.123 e. The van der Waals surface area contributed by atoms with E-state index in [1.807, 2.05) is 66.9 Å². The first-order chi connectivity index (χ1) is 16.2. The molecule has 169 valence electrons. The molecule has 34 heavy (non-hydrogen) atoms. The van der Waals surface area contributed by atoms with Gasteiger partial charge in [0.05, 0.1) is 5.58 Å². The van der Waals surface area contributed by atoms with Crippen LogP contribution in [0.1, 0.15) is 11.1 Å². The molecule has 6 aromatic rings. The standard InChI is InChI=1S/C18H12NO.C12H10N.Ir/c1-12-6-4-7-13-14-8-5-9-15(18(14)20-17(12)13)16-10-2-3-11-19-16;1-10-7-8-13-12(9-10)11-5-3-2-4-6-11;/h2-8,10-11H,1H3;2-5,7-9H,1H3;/q2*-1;. The summed E-state index contributed by atoms with van der Waals surface area (Å²) >= 11 is 0. The van der Waals surface area contributed by atoms with Crippen LogP contribution in [0.2, 0.25) is 0 Å². The number of nitrogens with zero attached hydrogens (tertiary/aromatic N) is 2. The minimum atomic E-state index is 0. The van der Waals surface area contributed by atoms with Crippen molar-refractivity contribution in [1.82, 2.24) is 9.97 Å². The molecule has 3 aromatic heterocycles. The summed E-state index contributed by atoms with van der Waals surface area (Å²) in [4.78, 5) is 8.68. The fourth-order valence-corrected chi connectivity index (χ4v) is 3.84. The Bertz CT molecular complexity index is 1530. The number of rotatable bonds is 2. The third-order valence-electron chi connectivity index (χ3n) is 5.48. The summed E-state index contributed by atoms with van der Waals surface area (Å²) in [7, 11) is 0. The first-order valence-corrected chi connectivity index (χ1v) is 10.8. The second-order valence-electron chi connectivity index (χ2n) is 7.86. The maximum atomic E-state index is 6.10. The summed E-state index contributed by atoms with van der Waals surface area (Å²) in [6, 6.07) is 34.4. The molecule has 3 aromatic carbocycles. The van der Waals surface area contributed by atoms with Crippen molar-refractivity contribution < 1.29 is 24.5 Å². The molecule has 0 fully saturated rings. The van der Waals surface area contributed by atoms with Gasteiger partial charge in [-0.2, -0.15) is 0 Å². The topological polar surface area (TPSA) is 38.9 Å². The van der Waals surface area contributed by atoms with Crippen molar-refractivity contribution in [2.45, 2.75) is 13.8 Å². The predicted octanol–water partition coefficient (Wildman–Crippen LogP) is 7.61. The van der Waals surface area contributed by atoms with E-state index in [1.165, 1.54) is 5.56 Å². The van der Waals surface area contributed by atoms with Gasteiger partial charge in [-0.1, -0.05) is 52.9 Å². The van der Waals surface area contributed by atoms with Crippen molar-refractivity contribution in [1.29, 1.82) is 0 Å². The molecular weight excluding hydrogens is 597 g/mol. The van der Waals surface area contributed by atoms with Crippen LogP contribution in [-0.4, -0.2) is 9.97 Å². The van der Waals surface area contributed by atoms with Crippen LogP contribution >= 0.6 is 0 Å². The van der Waals surface area contributed by atoms with Crippen molar-refractivity contribution in [2.75, 3.05) is 0 Å². The van der Waals surface area contributed by atoms with Gasteiger partial charge in [0.15, 0.2) is 0 Å². The second-order valence-corrected chi connectivity index (χ2v) is 7.86.